The number of para-hydroxylation sites is 5. The summed E-state index contributed by atoms with van der Waals surface area (Å²) in [6.45, 7) is 0. The molecule has 0 saturated carbocycles. The maximum atomic E-state index is 6.36. The van der Waals surface area contributed by atoms with Crippen LogP contribution in [-0.4, -0.2) is 29.9 Å². The zero-order valence-corrected chi connectivity index (χ0v) is 34.5. The first kappa shape index (κ1) is 35.7. The summed E-state index contributed by atoms with van der Waals surface area (Å²) in [6.07, 6.45) is 0. The summed E-state index contributed by atoms with van der Waals surface area (Å²) in [4.78, 5) is 30.7. The van der Waals surface area contributed by atoms with Gasteiger partial charge in [-0.05, 0) is 105 Å². The topological polar surface area (TPSA) is 104 Å². The largest absolute Gasteiger partial charge is 0.436 e. The molecule has 0 unspecified atom stereocenters. The van der Waals surface area contributed by atoms with E-state index in [0.717, 1.165) is 38.6 Å². The number of oxazole rings is 2. The maximum Gasteiger partial charge on any atom is 0.227 e. The summed E-state index contributed by atoms with van der Waals surface area (Å²) in [5.74, 6) is 2.32. The molecule has 0 bridgehead atoms. The second-order valence-electron chi connectivity index (χ2n) is 16.6. The van der Waals surface area contributed by atoms with E-state index in [1.807, 2.05) is 91.0 Å². The van der Waals surface area contributed by atoms with Gasteiger partial charge >= 0.3 is 0 Å². The van der Waals surface area contributed by atoms with Gasteiger partial charge in [0.25, 0.3) is 0 Å². The van der Waals surface area contributed by atoms with Gasteiger partial charge in [0, 0.05) is 27.6 Å². The van der Waals surface area contributed by atoms with Crippen LogP contribution in [0.2, 0.25) is 0 Å². The Labute approximate surface area is 371 Å². The van der Waals surface area contributed by atoms with E-state index in [-0.39, 0.29) is 0 Å². The lowest BCUT2D eigenvalue weighted by Gasteiger charge is -2.30. The van der Waals surface area contributed by atoms with Crippen LogP contribution in [0.5, 0.6) is 0 Å². The van der Waals surface area contributed by atoms with Crippen molar-refractivity contribution in [2.24, 2.45) is 0 Å². The van der Waals surface area contributed by atoms with E-state index >= 15 is 0 Å². The van der Waals surface area contributed by atoms with Gasteiger partial charge in [-0.3, -0.25) is 0 Å². The van der Waals surface area contributed by atoms with Gasteiger partial charge in [-0.25, -0.2) is 29.9 Å². The number of benzene rings is 8. The van der Waals surface area contributed by atoms with Crippen LogP contribution in [0.15, 0.2) is 203 Å². The summed E-state index contributed by atoms with van der Waals surface area (Å²) in [5, 5.41) is 1.03. The third-order valence-corrected chi connectivity index (χ3v) is 13.0. The molecule has 2 aliphatic carbocycles. The molecule has 8 heteroatoms. The highest BCUT2D eigenvalue weighted by atomic mass is 16.4. The molecule has 0 aliphatic heterocycles. The first-order valence-electron chi connectivity index (χ1n) is 21.6. The normalized spacial score (nSPS) is 13.0. The van der Waals surface area contributed by atoms with Crippen LogP contribution in [0, 0.1) is 0 Å². The quantitative estimate of drug-likeness (QED) is 0.169. The van der Waals surface area contributed by atoms with Crippen LogP contribution >= 0.6 is 0 Å². The molecular weight excluding hydrogens is 801 g/mol. The summed E-state index contributed by atoms with van der Waals surface area (Å²) in [5.41, 5.74) is 16.7. The Bertz CT molecular complexity index is 3720. The van der Waals surface area contributed by atoms with Gasteiger partial charge in [-0.2, -0.15) is 0 Å². The lowest BCUT2D eigenvalue weighted by Crippen LogP contribution is -2.25. The van der Waals surface area contributed by atoms with Crippen molar-refractivity contribution < 1.29 is 8.83 Å². The number of nitrogens with zero attached hydrogens (tertiary/aromatic N) is 6. The van der Waals surface area contributed by atoms with Crippen molar-refractivity contribution in [3.8, 4) is 79.5 Å². The van der Waals surface area contributed by atoms with Crippen LogP contribution in [0.25, 0.3) is 113 Å². The fraction of sp³-hybridized carbons (Fsp3) is 0.0175. The molecule has 0 atom stereocenters. The Balaban J connectivity index is 1.01. The Morgan fingerprint density at radius 2 is 0.785 bits per heavy atom. The lowest BCUT2D eigenvalue weighted by atomic mass is 9.70. The molecule has 0 fully saturated rings. The number of rotatable bonds is 5. The lowest BCUT2D eigenvalue weighted by molar-refractivity contribution is 0.617. The van der Waals surface area contributed by atoms with Crippen LogP contribution < -0.4 is 0 Å². The summed E-state index contributed by atoms with van der Waals surface area (Å²) in [6, 6.07) is 66.8. The molecular formula is C57H32N6O2. The highest BCUT2D eigenvalue weighted by molar-refractivity contribution is 5.96. The molecule has 302 valence electrons. The monoisotopic (exact) mass is 832 g/mol. The number of pyridine rings is 1. The van der Waals surface area contributed by atoms with Crippen molar-refractivity contribution in [1.29, 1.82) is 0 Å². The Kier molecular flexibility index (Phi) is 7.44. The van der Waals surface area contributed by atoms with E-state index in [2.05, 4.69) is 103 Å². The Morgan fingerprint density at radius 3 is 1.38 bits per heavy atom. The van der Waals surface area contributed by atoms with Crippen molar-refractivity contribution >= 4 is 33.1 Å². The SMILES string of the molecule is c1ccc2c(c1)-c1ccccc1C21c2ccccc2-c2ccc(-c3nc(-c4cc(-c5nc6ccccc6o5)cc(-c5nc6ccccc6o5)c4)nc(-c4ccc5ccccc5n4)n3)cc21. The standard InChI is InChI=1S/C57H32N6O2/c1-8-20-46-33(13-1)26-28-49(58-46)54-62-52(34-25-27-41-40-16-4-7-19-44(40)57(45(41)32-34)42-17-5-2-14-38(42)39-15-3-6-18-43(39)57)61-53(63-54)35-29-36(55-59-47-21-9-11-23-50(47)64-55)31-37(30-35)56-60-48-22-10-12-24-51(48)65-56/h1-32H. The zero-order chi connectivity index (χ0) is 42.6. The van der Waals surface area contributed by atoms with Crippen molar-refractivity contribution in [2.75, 3.05) is 0 Å². The van der Waals surface area contributed by atoms with E-state index < -0.39 is 5.41 Å². The third-order valence-electron chi connectivity index (χ3n) is 13.0. The minimum absolute atomic E-state index is 0.446. The maximum absolute atomic E-state index is 6.36. The van der Waals surface area contributed by atoms with Crippen molar-refractivity contribution in [1.82, 2.24) is 29.9 Å². The molecule has 8 nitrogen and oxygen atoms in total. The van der Waals surface area contributed by atoms with Gasteiger partial charge in [0.1, 0.15) is 16.7 Å². The molecule has 0 radical (unpaired) electrons. The van der Waals surface area contributed by atoms with E-state index in [4.69, 9.17) is 38.7 Å². The molecule has 14 rings (SSSR count). The highest BCUT2D eigenvalue weighted by Crippen LogP contribution is 2.63. The van der Waals surface area contributed by atoms with E-state index in [1.54, 1.807) is 0 Å². The molecule has 2 aliphatic rings. The van der Waals surface area contributed by atoms with Gasteiger partial charge in [-0.1, -0.05) is 133 Å². The van der Waals surface area contributed by atoms with Gasteiger partial charge < -0.3 is 8.83 Å². The molecule has 12 aromatic rings. The van der Waals surface area contributed by atoms with Crippen LogP contribution in [-0.2, 0) is 5.41 Å². The minimum atomic E-state index is -0.532. The molecule has 4 aromatic heterocycles. The third kappa shape index (κ3) is 5.31. The number of hydrogen-bond donors (Lipinski definition) is 0. The van der Waals surface area contributed by atoms with E-state index in [0.29, 0.717) is 51.7 Å². The van der Waals surface area contributed by atoms with Gasteiger partial charge in [0.15, 0.2) is 28.6 Å². The Hall–Kier alpha value is -8.88. The Morgan fingerprint density at radius 1 is 0.308 bits per heavy atom. The number of hydrogen-bond acceptors (Lipinski definition) is 8. The predicted octanol–water partition coefficient (Wildman–Crippen LogP) is 13.4. The zero-order valence-electron chi connectivity index (χ0n) is 34.5. The molecule has 0 saturated heterocycles. The van der Waals surface area contributed by atoms with Crippen molar-refractivity contribution in [3.63, 3.8) is 0 Å². The van der Waals surface area contributed by atoms with Crippen LogP contribution in [0.3, 0.4) is 0 Å². The second kappa shape index (κ2) is 13.6. The van der Waals surface area contributed by atoms with Gasteiger partial charge in [-0.15, -0.1) is 0 Å². The van der Waals surface area contributed by atoms with Gasteiger partial charge in [0.05, 0.1) is 10.9 Å². The fourth-order valence-corrected chi connectivity index (χ4v) is 10.2. The summed E-state index contributed by atoms with van der Waals surface area (Å²) in [7, 11) is 0. The minimum Gasteiger partial charge on any atom is -0.436 e. The van der Waals surface area contributed by atoms with Crippen LogP contribution in [0.4, 0.5) is 0 Å². The first-order valence-corrected chi connectivity index (χ1v) is 21.6. The first-order chi connectivity index (χ1) is 32.2. The summed E-state index contributed by atoms with van der Waals surface area (Å²) >= 11 is 0. The molecule has 8 aromatic carbocycles. The molecule has 1 spiro atoms. The van der Waals surface area contributed by atoms with Crippen LogP contribution in [0.1, 0.15) is 22.3 Å². The highest BCUT2D eigenvalue weighted by Gasteiger charge is 2.51. The number of aromatic nitrogens is 6. The van der Waals surface area contributed by atoms with E-state index in [9.17, 15) is 0 Å². The van der Waals surface area contributed by atoms with Crippen molar-refractivity contribution in [2.45, 2.75) is 5.41 Å². The average molecular weight is 833 g/mol. The summed E-state index contributed by atoms with van der Waals surface area (Å²) < 4.78 is 12.7. The van der Waals surface area contributed by atoms with Gasteiger partial charge in [0.2, 0.25) is 11.8 Å². The fourth-order valence-electron chi connectivity index (χ4n) is 10.2. The predicted molar refractivity (Wildman–Crippen MR) is 254 cm³/mol. The van der Waals surface area contributed by atoms with E-state index in [1.165, 1.54) is 44.5 Å². The number of fused-ring (bicyclic) bond motifs is 13. The molecule has 4 heterocycles. The second-order valence-corrected chi connectivity index (χ2v) is 16.6. The molecule has 0 N–H and O–H groups in total. The smallest absolute Gasteiger partial charge is 0.227 e. The molecule has 65 heavy (non-hydrogen) atoms. The molecule has 0 amide bonds. The average Bonchev–Trinajstić information content (AvgIpc) is 4.15. The van der Waals surface area contributed by atoms with Crippen molar-refractivity contribution in [3.05, 3.63) is 216 Å².